The van der Waals surface area contributed by atoms with Crippen LogP contribution in [-0.2, 0) is 4.79 Å². The Balaban J connectivity index is 1.52. The van der Waals surface area contributed by atoms with Crippen molar-refractivity contribution in [3.8, 4) is 5.75 Å². The number of hydrogen-bond donors (Lipinski definition) is 1. The number of fused-ring (bicyclic) bond motifs is 3. The summed E-state index contributed by atoms with van der Waals surface area (Å²) < 4.78 is 11.6. The Morgan fingerprint density at radius 2 is 1.77 bits per heavy atom. The minimum Gasteiger partial charge on any atom is -0.481 e. The first-order valence-corrected chi connectivity index (χ1v) is 8.55. The van der Waals surface area contributed by atoms with E-state index in [1.807, 2.05) is 73.7 Å². The first-order valence-electron chi connectivity index (χ1n) is 8.55. The van der Waals surface area contributed by atoms with Crippen LogP contribution in [0.5, 0.6) is 5.75 Å². The fraction of sp³-hybridized carbons (Fsp3) is 0.136. The van der Waals surface area contributed by atoms with Gasteiger partial charge in [-0.2, -0.15) is 0 Å². The van der Waals surface area contributed by atoms with Gasteiger partial charge in [0.2, 0.25) is 0 Å². The molecule has 0 radical (unpaired) electrons. The van der Waals surface area contributed by atoms with Crippen molar-refractivity contribution in [1.29, 1.82) is 0 Å². The van der Waals surface area contributed by atoms with Gasteiger partial charge in [0.05, 0.1) is 0 Å². The molecule has 4 nitrogen and oxygen atoms in total. The molecule has 4 aromatic rings. The third-order valence-electron chi connectivity index (χ3n) is 4.32. The highest BCUT2D eigenvalue weighted by molar-refractivity contribution is 6.06. The molecule has 0 spiro atoms. The van der Waals surface area contributed by atoms with E-state index in [9.17, 15) is 4.79 Å². The molecule has 1 amide bonds. The van der Waals surface area contributed by atoms with Gasteiger partial charge in [0.25, 0.3) is 5.91 Å². The van der Waals surface area contributed by atoms with Gasteiger partial charge in [-0.3, -0.25) is 4.79 Å². The van der Waals surface area contributed by atoms with Gasteiger partial charge in [-0.05, 0) is 49.7 Å². The molecule has 0 fully saturated rings. The number of ether oxygens (including phenoxy) is 1. The molecule has 130 valence electrons. The van der Waals surface area contributed by atoms with Gasteiger partial charge in [0.15, 0.2) is 6.10 Å². The Labute approximate surface area is 151 Å². The van der Waals surface area contributed by atoms with Crippen molar-refractivity contribution >= 4 is 33.5 Å². The molecule has 0 saturated carbocycles. The maximum Gasteiger partial charge on any atom is 0.265 e. The highest BCUT2D eigenvalue weighted by Crippen LogP contribution is 2.30. The number of rotatable bonds is 4. The highest BCUT2D eigenvalue weighted by atomic mass is 16.5. The van der Waals surface area contributed by atoms with Crippen molar-refractivity contribution in [2.75, 3.05) is 5.32 Å². The number of amides is 1. The Kier molecular flexibility index (Phi) is 4.09. The molecule has 26 heavy (non-hydrogen) atoms. The zero-order valence-electron chi connectivity index (χ0n) is 14.7. The fourth-order valence-electron chi connectivity index (χ4n) is 2.99. The monoisotopic (exact) mass is 345 g/mol. The Morgan fingerprint density at radius 3 is 2.62 bits per heavy atom. The predicted octanol–water partition coefficient (Wildman–Crippen LogP) is 5.30. The van der Waals surface area contributed by atoms with Gasteiger partial charge in [-0.15, -0.1) is 0 Å². The summed E-state index contributed by atoms with van der Waals surface area (Å²) in [4.78, 5) is 12.4. The van der Waals surface area contributed by atoms with E-state index in [-0.39, 0.29) is 5.91 Å². The van der Waals surface area contributed by atoms with Gasteiger partial charge < -0.3 is 14.5 Å². The minimum absolute atomic E-state index is 0.207. The van der Waals surface area contributed by atoms with Crippen LogP contribution in [-0.4, -0.2) is 12.0 Å². The lowest BCUT2D eigenvalue weighted by Gasteiger charge is -2.15. The van der Waals surface area contributed by atoms with Crippen LogP contribution in [0.15, 0.2) is 71.1 Å². The molecule has 0 aliphatic rings. The van der Waals surface area contributed by atoms with E-state index in [4.69, 9.17) is 9.15 Å². The van der Waals surface area contributed by atoms with Crippen LogP contribution in [0.2, 0.25) is 0 Å². The van der Waals surface area contributed by atoms with Crippen molar-refractivity contribution in [3.05, 3.63) is 72.3 Å². The van der Waals surface area contributed by atoms with Gasteiger partial charge in [0, 0.05) is 22.5 Å². The SMILES string of the molecule is Cc1cccc(OC(C)C(=O)Nc2ccc3c(c2)oc2ccccc23)c1. The summed E-state index contributed by atoms with van der Waals surface area (Å²) in [5.41, 5.74) is 3.35. The van der Waals surface area contributed by atoms with Gasteiger partial charge in [-0.25, -0.2) is 0 Å². The van der Waals surface area contributed by atoms with E-state index >= 15 is 0 Å². The number of carbonyl (C=O) groups excluding carboxylic acids is 1. The number of nitrogens with one attached hydrogen (secondary N) is 1. The molecule has 3 aromatic carbocycles. The number of aryl methyl sites for hydroxylation is 1. The van der Waals surface area contributed by atoms with E-state index in [2.05, 4.69) is 5.32 Å². The lowest BCUT2D eigenvalue weighted by molar-refractivity contribution is -0.122. The zero-order chi connectivity index (χ0) is 18.1. The maximum absolute atomic E-state index is 12.4. The lowest BCUT2D eigenvalue weighted by atomic mass is 10.1. The molecule has 1 aromatic heterocycles. The first kappa shape index (κ1) is 16.2. The molecular formula is C22H19NO3. The fourth-order valence-corrected chi connectivity index (χ4v) is 2.99. The molecule has 1 N–H and O–H groups in total. The van der Waals surface area contributed by atoms with Gasteiger partial charge in [0.1, 0.15) is 16.9 Å². The number of anilines is 1. The molecule has 1 unspecified atom stereocenters. The molecule has 0 aliphatic heterocycles. The van der Waals surface area contributed by atoms with Crippen molar-refractivity contribution in [1.82, 2.24) is 0 Å². The Bertz CT molecular complexity index is 1100. The predicted molar refractivity (Wildman–Crippen MR) is 104 cm³/mol. The maximum atomic E-state index is 12.4. The summed E-state index contributed by atoms with van der Waals surface area (Å²) in [5, 5.41) is 4.99. The summed E-state index contributed by atoms with van der Waals surface area (Å²) in [6, 6.07) is 21.2. The number of para-hydroxylation sites is 1. The summed E-state index contributed by atoms with van der Waals surface area (Å²) in [6.45, 7) is 3.72. The summed E-state index contributed by atoms with van der Waals surface area (Å²) >= 11 is 0. The summed E-state index contributed by atoms with van der Waals surface area (Å²) in [5.74, 6) is 0.474. The molecule has 0 saturated heterocycles. The van der Waals surface area contributed by atoms with Crippen molar-refractivity contribution in [3.63, 3.8) is 0 Å². The Morgan fingerprint density at radius 1 is 0.962 bits per heavy atom. The van der Waals surface area contributed by atoms with Gasteiger partial charge in [-0.1, -0.05) is 30.3 Å². The van der Waals surface area contributed by atoms with Crippen LogP contribution in [0, 0.1) is 6.92 Å². The number of furan rings is 1. The van der Waals surface area contributed by atoms with Crippen LogP contribution < -0.4 is 10.1 Å². The van der Waals surface area contributed by atoms with E-state index < -0.39 is 6.10 Å². The lowest BCUT2D eigenvalue weighted by Crippen LogP contribution is -2.30. The molecular weight excluding hydrogens is 326 g/mol. The molecule has 4 heteroatoms. The molecule has 1 heterocycles. The van der Waals surface area contributed by atoms with Crippen molar-refractivity contribution in [2.24, 2.45) is 0 Å². The smallest absolute Gasteiger partial charge is 0.265 e. The third-order valence-corrected chi connectivity index (χ3v) is 4.32. The van der Waals surface area contributed by atoms with E-state index in [1.54, 1.807) is 6.92 Å². The van der Waals surface area contributed by atoms with Crippen LogP contribution in [0.1, 0.15) is 12.5 Å². The molecule has 4 rings (SSSR count). The highest BCUT2D eigenvalue weighted by Gasteiger charge is 2.16. The first-order chi connectivity index (χ1) is 12.6. The zero-order valence-corrected chi connectivity index (χ0v) is 14.7. The van der Waals surface area contributed by atoms with Crippen LogP contribution in [0.3, 0.4) is 0 Å². The van der Waals surface area contributed by atoms with Gasteiger partial charge >= 0.3 is 0 Å². The molecule has 0 bridgehead atoms. The summed E-state index contributed by atoms with van der Waals surface area (Å²) in [6.07, 6.45) is -0.608. The number of hydrogen-bond acceptors (Lipinski definition) is 3. The molecule has 1 atom stereocenters. The summed E-state index contributed by atoms with van der Waals surface area (Å²) in [7, 11) is 0. The van der Waals surface area contributed by atoms with Crippen LogP contribution in [0.25, 0.3) is 21.9 Å². The quantitative estimate of drug-likeness (QED) is 0.546. The minimum atomic E-state index is -0.608. The standard InChI is InChI=1S/C22H19NO3/c1-14-6-5-7-17(12-14)25-15(2)22(24)23-16-10-11-19-18-8-3-4-9-20(18)26-21(19)13-16/h3-13,15H,1-2H3,(H,23,24). The van der Waals surface area contributed by atoms with E-state index in [1.165, 1.54) is 0 Å². The second-order valence-corrected chi connectivity index (χ2v) is 6.37. The van der Waals surface area contributed by atoms with Crippen molar-refractivity contribution < 1.29 is 13.9 Å². The number of benzene rings is 3. The van der Waals surface area contributed by atoms with E-state index in [0.717, 1.165) is 27.5 Å². The van der Waals surface area contributed by atoms with E-state index in [0.29, 0.717) is 11.4 Å². The topological polar surface area (TPSA) is 51.5 Å². The molecule has 0 aliphatic carbocycles. The number of carbonyl (C=O) groups is 1. The second-order valence-electron chi connectivity index (χ2n) is 6.37. The second kappa shape index (κ2) is 6.56. The largest absolute Gasteiger partial charge is 0.481 e. The third kappa shape index (κ3) is 3.14. The average Bonchev–Trinajstić information content (AvgIpc) is 2.99. The Hall–Kier alpha value is -3.27. The average molecular weight is 345 g/mol. The van der Waals surface area contributed by atoms with Crippen molar-refractivity contribution in [2.45, 2.75) is 20.0 Å². The van der Waals surface area contributed by atoms with Crippen LogP contribution >= 0.6 is 0 Å². The normalized spacial score (nSPS) is 12.2. The van der Waals surface area contributed by atoms with Crippen LogP contribution in [0.4, 0.5) is 5.69 Å².